The van der Waals surface area contributed by atoms with Gasteiger partial charge < -0.3 is 18.8 Å². The highest BCUT2D eigenvalue weighted by atomic mass is 16.3. The zero-order valence-electron chi connectivity index (χ0n) is 14.7. The van der Waals surface area contributed by atoms with Gasteiger partial charge in [-0.05, 0) is 32.5 Å². The molecule has 0 saturated carbocycles. The van der Waals surface area contributed by atoms with Crippen molar-refractivity contribution in [1.29, 1.82) is 0 Å². The Balaban J connectivity index is 1.76. The Morgan fingerprint density at radius 3 is 2.88 bits per heavy atom. The Hall–Kier alpha value is -2.08. The smallest absolute Gasteiger partial charge is 0.257 e. The van der Waals surface area contributed by atoms with E-state index in [9.17, 15) is 4.79 Å². The Morgan fingerprint density at radius 1 is 1.42 bits per heavy atom. The molecule has 0 spiro atoms. The van der Waals surface area contributed by atoms with E-state index in [1.807, 2.05) is 24.3 Å². The zero-order valence-corrected chi connectivity index (χ0v) is 14.7. The molecule has 0 bridgehead atoms. The van der Waals surface area contributed by atoms with E-state index in [2.05, 4.69) is 28.3 Å². The second-order valence-electron chi connectivity index (χ2n) is 6.34. The number of aromatic nitrogens is 2. The molecule has 3 heterocycles. The van der Waals surface area contributed by atoms with E-state index in [4.69, 9.17) is 4.42 Å². The van der Waals surface area contributed by atoms with E-state index >= 15 is 0 Å². The van der Waals surface area contributed by atoms with Crippen LogP contribution in [0.25, 0.3) is 0 Å². The van der Waals surface area contributed by atoms with Crippen LogP contribution in [0.5, 0.6) is 0 Å². The van der Waals surface area contributed by atoms with Gasteiger partial charge in [-0.1, -0.05) is 13.8 Å². The molecule has 0 unspecified atom stereocenters. The molecular formula is C18H26N4O2. The van der Waals surface area contributed by atoms with Gasteiger partial charge in [-0.25, -0.2) is 4.98 Å². The molecule has 2 aromatic heterocycles. The predicted octanol–water partition coefficient (Wildman–Crippen LogP) is 2.71. The van der Waals surface area contributed by atoms with Gasteiger partial charge in [0.25, 0.3) is 5.91 Å². The third-order valence-corrected chi connectivity index (χ3v) is 4.97. The number of hydrogen-bond donors (Lipinski definition) is 0. The van der Waals surface area contributed by atoms with Crippen LogP contribution in [-0.4, -0.2) is 51.4 Å². The number of carbonyl (C=O) groups is 1. The van der Waals surface area contributed by atoms with Crippen molar-refractivity contribution >= 4 is 5.91 Å². The summed E-state index contributed by atoms with van der Waals surface area (Å²) in [5.41, 5.74) is 1.76. The number of aryl methyl sites for hydroxylation is 1. The van der Waals surface area contributed by atoms with Crippen molar-refractivity contribution in [1.82, 2.24) is 19.4 Å². The van der Waals surface area contributed by atoms with Crippen LogP contribution in [0.3, 0.4) is 0 Å². The minimum atomic E-state index is 0.0431. The molecule has 24 heavy (non-hydrogen) atoms. The van der Waals surface area contributed by atoms with Crippen LogP contribution in [0.4, 0.5) is 0 Å². The molecule has 6 heteroatoms. The molecular weight excluding hydrogens is 304 g/mol. The van der Waals surface area contributed by atoms with Gasteiger partial charge in [0, 0.05) is 19.3 Å². The second kappa shape index (κ2) is 7.21. The molecule has 1 amide bonds. The summed E-state index contributed by atoms with van der Waals surface area (Å²) in [4.78, 5) is 21.5. The van der Waals surface area contributed by atoms with Crippen LogP contribution >= 0.6 is 0 Å². The number of amides is 1. The first-order valence-corrected chi connectivity index (χ1v) is 8.70. The molecule has 0 aliphatic carbocycles. The number of hydrogen-bond acceptors (Lipinski definition) is 4. The lowest BCUT2D eigenvalue weighted by Crippen LogP contribution is -2.41. The summed E-state index contributed by atoms with van der Waals surface area (Å²) in [6.45, 7) is 10.7. The first-order chi connectivity index (χ1) is 11.6. The highest BCUT2D eigenvalue weighted by Crippen LogP contribution is 2.26. The molecule has 1 atom stereocenters. The van der Waals surface area contributed by atoms with Crippen molar-refractivity contribution in [3.05, 3.63) is 41.9 Å². The first kappa shape index (κ1) is 16.8. The fourth-order valence-corrected chi connectivity index (χ4v) is 3.42. The molecule has 0 aromatic carbocycles. The van der Waals surface area contributed by atoms with Crippen molar-refractivity contribution in [3.63, 3.8) is 0 Å². The summed E-state index contributed by atoms with van der Waals surface area (Å²) < 4.78 is 7.53. The molecule has 1 aliphatic rings. The van der Waals surface area contributed by atoms with Crippen LogP contribution in [0.1, 0.15) is 48.1 Å². The number of carbonyl (C=O) groups excluding carboxylic acids is 1. The number of rotatable bonds is 6. The molecule has 1 aliphatic heterocycles. The largest absolute Gasteiger partial charge is 0.469 e. The van der Waals surface area contributed by atoms with E-state index in [1.165, 1.54) is 0 Å². The van der Waals surface area contributed by atoms with Gasteiger partial charge >= 0.3 is 0 Å². The third-order valence-electron chi connectivity index (χ3n) is 4.97. The molecule has 130 valence electrons. The number of fused-ring (bicyclic) bond motifs is 1. The quantitative estimate of drug-likeness (QED) is 0.817. The highest BCUT2D eigenvalue weighted by Gasteiger charge is 2.29. The minimum Gasteiger partial charge on any atom is -0.469 e. The number of furan rings is 1. The lowest BCUT2D eigenvalue weighted by Gasteiger charge is -2.35. The van der Waals surface area contributed by atoms with Gasteiger partial charge in [-0.3, -0.25) is 4.79 Å². The van der Waals surface area contributed by atoms with Crippen molar-refractivity contribution < 1.29 is 9.21 Å². The Kier molecular flexibility index (Phi) is 5.04. The predicted molar refractivity (Wildman–Crippen MR) is 91.9 cm³/mol. The average molecular weight is 330 g/mol. The van der Waals surface area contributed by atoms with Crippen LogP contribution in [0.2, 0.25) is 0 Å². The maximum atomic E-state index is 12.8. The van der Waals surface area contributed by atoms with Gasteiger partial charge in [0.2, 0.25) is 0 Å². The van der Waals surface area contributed by atoms with Crippen molar-refractivity contribution in [2.75, 3.05) is 26.2 Å². The fraction of sp³-hybridized carbons (Fsp3) is 0.556. The van der Waals surface area contributed by atoms with E-state index in [1.54, 1.807) is 12.3 Å². The van der Waals surface area contributed by atoms with Crippen molar-refractivity contribution in [2.24, 2.45) is 0 Å². The van der Waals surface area contributed by atoms with Gasteiger partial charge in [0.05, 0.1) is 36.4 Å². The lowest BCUT2D eigenvalue weighted by molar-refractivity contribution is 0.0666. The molecule has 0 N–H and O–H groups in total. The molecule has 6 nitrogen and oxygen atoms in total. The topological polar surface area (TPSA) is 54.5 Å². The first-order valence-electron chi connectivity index (χ1n) is 8.70. The summed E-state index contributed by atoms with van der Waals surface area (Å²) in [6, 6.07) is 2.03. The maximum Gasteiger partial charge on any atom is 0.257 e. The van der Waals surface area contributed by atoms with Crippen LogP contribution in [-0.2, 0) is 6.54 Å². The van der Waals surface area contributed by atoms with Crippen LogP contribution in [0.15, 0.2) is 29.3 Å². The van der Waals surface area contributed by atoms with Gasteiger partial charge in [-0.15, -0.1) is 0 Å². The summed E-state index contributed by atoms with van der Waals surface area (Å²) in [7, 11) is 0. The van der Waals surface area contributed by atoms with Crippen molar-refractivity contribution in [2.45, 2.75) is 39.8 Å². The van der Waals surface area contributed by atoms with Gasteiger partial charge in [-0.2, -0.15) is 0 Å². The maximum absolute atomic E-state index is 12.8. The minimum absolute atomic E-state index is 0.0431. The van der Waals surface area contributed by atoms with E-state index in [0.29, 0.717) is 24.4 Å². The summed E-state index contributed by atoms with van der Waals surface area (Å²) in [5, 5.41) is 0. The van der Waals surface area contributed by atoms with Gasteiger partial charge in [0.1, 0.15) is 5.76 Å². The fourth-order valence-electron chi connectivity index (χ4n) is 3.42. The number of imidazole rings is 1. The van der Waals surface area contributed by atoms with E-state index < -0.39 is 0 Å². The van der Waals surface area contributed by atoms with E-state index in [0.717, 1.165) is 31.7 Å². The van der Waals surface area contributed by atoms with Crippen LogP contribution < -0.4 is 0 Å². The monoisotopic (exact) mass is 330 g/mol. The van der Waals surface area contributed by atoms with E-state index in [-0.39, 0.29) is 11.9 Å². The second-order valence-corrected chi connectivity index (χ2v) is 6.34. The highest BCUT2D eigenvalue weighted by molar-refractivity contribution is 5.95. The summed E-state index contributed by atoms with van der Waals surface area (Å²) in [5.74, 6) is 0.723. The number of nitrogens with zero attached hydrogens (tertiary/aromatic N) is 4. The Labute approximate surface area is 143 Å². The molecule has 2 aromatic rings. The standard InChI is InChI=1S/C18H26N4O2/c1-4-20(5-2)8-6-15-11-21(12-16-10-19-13-22(15)16)18(23)17-7-9-24-14(17)3/h7,9-10,13,15H,4-6,8,11-12H2,1-3H3/t15-/m1/s1. The molecule has 0 radical (unpaired) electrons. The average Bonchev–Trinajstić information content (AvgIpc) is 3.23. The summed E-state index contributed by atoms with van der Waals surface area (Å²) >= 11 is 0. The normalized spacial score (nSPS) is 17.3. The zero-order chi connectivity index (χ0) is 17.1. The Bertz CT molecular complexity index is 687. The third kappa shape index (κ3) is 3.24. The van der Waals surface area contributed by atoms with Crippen LogP contribution in [0, 0.1) is 6.92 Å². The summed E-state index contributed by atoms with van der Waals surface area (Å²) in [6.07, 6.45) is 6.35. The molecule has 0 fully saturated rings. The molecule has 3 rings (SSSR count). The van der Waals surface area contributed by atoms with Gasteiger partial charge in [0.15, 0.2) is 0 Å². The Morgan fingerprint density at radius 2 is 2.21 bits per heavy atom. The lowest BCUT2D eigenvalue weighted by atomic mass is 10.1. The van der Waals surface area contributed by atoms with Crippen molar-refractivity contribution in [3.8, 4) is 0 Å². The SMILES string of the molecule is CCN(CC)CC[C@@H]1CN(C(=O)c2ccoc2C)Cc2cncn21. The molecule has 0 saturated heterocycles.